The maximum Gasteiger partial charge on any atom is 0.136 e. The number of aromatic nitrogens is 2. The van der Waals surface area contributed by atoms with Crippen LogP contribution in [0.4, 0.5) is 11.6 Å². The summed E-state index contributed by atoms with van der Waals surface area (Å²) in [5.41, 5.74) is 0. The first-order valence-corrected chi connectivity index (χ1v) is 7.57. The van der Waals surface area contributed by atoms with E-state index in [1.165, 1.54) is 32.1 Å². The van der Waals surface area contributed by atoms with Crippen molar-refractivity contribution >= 4 is 11.6 Å². The third-order valence-electron chi connectivity index (χ3n) is 4.53. The SMILES string of the molecule is CNc1cc(NCC2CCCC2C)nc(C2CC2)n1. The fourth-order valence-electron chi connectivity index (χ4n) is 2.97. The molecule has 1 aromatic heterocycles. The van der Waals surface area contributed by atoms with Gasteiger partial charge >= 0.3 is 0 Å². The summed E-state index contributed by atoms with van der Waals surface area (Å²) in [5.74, 6) is 5.17. The topological polar surface area (TPSA) is 49.8 Å². The maximum absolute atomic E-state index is 4.67. The fourth-order valence-corrected chi connectivity index (χ4v) is 2.97. The van der Waals surface area contributed by atoms with Crippen LogP contribution in [0.2, 0.25) is 0 Å². The zero-order chi connectivity index (χ0) is 13.2. The van der Waals surface area contributed by atoms with Gasteiger partial charge in [0.25, 0.3) is 0 Å². The van der Waals surface area contributed by atoms with E-state index in [1.54, 1.807) is 0 Å². The minimum absolute atomic E-state index is 0.597. The molecule has 2 aliphatic rings. The second-order valence-corrected chi connectivity index (χ2v) is 6.07. The molecule has 1 heterocycles. The lowest BCUT2D eigenvalue weighted by atomic mass is 9.98. The minimum Gasteiger partial charge on any atom is -0.373 e. The van der Waals surface area contributed by atoms with E-state index in [0.29, 0.717) is 5.92 Å². The minimum atomic E-state index is 0.597. The second kappa shape index (κ2) is 5.35. The van der Waals surface area contributed by atoms with Crippen molar-refractivity contribution in [1.82, 2.24) is 9.97 Å². The molecule has 0 spiro atoms. The molecule has 0 amide bonds. The monoisotopic (exact) mass is 260 g/mol. The second-order valence-electron chi connectivity index (χ2n) is 6.07. The summed E-state index contributed by atoms with van der Waals surface area (Å²) in [4.78, 5) is 9.21. The van der Waals surface area contributed by atoms with Crippen LogP contribution in [0.25, 0.3) is 0 Å². The van der Waals surface area contributed by atoms with E-state index < -0.39 is 0 Å². The molecule has 0 bridgehead atoms. The Morgan fingerprint density at radius 1 is 1.16 bits per heavy atom. The zero-order valence-electron chi connectivity index (χ0n) is 11.9. The average Bonchev–Trinajstić information content (AvgIpc) is 3.20. The Kier molecular flexibility index (Phi) is 3.58. The lowest BCUT2D eigenvalue weighted by molar-refractivity contribution is 0.439. The predicted octanol–water partition coefficient (Wildman–Crippen LogP) is 3.24. The van der Waals surface area contributed by atoms with Crippen molar-refractivity contribution in [3.63, 3.8) is 0 Å². The van der Waals surface area contributed by atoms with Gasteiger partial charge in [0.2, 0.25) is 0 Å². The quantitative estimate of drug-likeness (QED) is 0.853. The number of hydrogen-bond acceptors (Lipinski definition) is 4. The van der Waals surface area contributed by atoms with Gasteiger partial charge in [-0.1, -0.05) is 19.8 Å². The first kappa shape index (κ1) is 12.7. The van der Waals surface area contributed by atoms with E-state index in [9.17, 15) is 0 Å². The molecule has 2 N–H and O–H groups in total. The summed E-state index contributed by atoms with van der Waals surface area (Å²) < 4.78 is 0. The van der Waals surface area contributed by atoms with Gasteiger partial charge in [0.05, 0.1) is 0 Å². The molecule has 0 aliphatic heterocycles. The van der Waals surface area contributed by atoms with Gasteiger partial charge in [-0.2, -0.15) is 0 Å². The van der Waals surface area contributed by atoms with Crippen molar-refractivity contribution in [3.8, 4) is 0 Å². The molecule has 2 unspecified atom stereocenters. The first-order chi connectivity index (χ1) is 9.26. The molecule has 4 heteroatoms. The lowest BCUT2D eigenvalue weighted by Crippen LogP contribution is -2.17. The highest BCUT2D eigenvalue weighted by Gasteiger charge is 2.27. The zero-order valence-corrected chi connectivity index (χ0v) is 11.9. The van der Waals surface area contributed by atoms with Crippen molar-refractivity contribution in [2.75, 3.05) is 24.2 Å². The summed E-state index contributed by atoms with van der Waals surface area (Å²) in [6.45, 7) is 3.42. The highest BCUT2D eigenvalue weighted by Crippen LogP contribution is 2.39. The Balaban J connectivity index is 1.67. The standard InChI is InChI=1S/C15H24N4/c1-10-4-3-5-12(10)9-17-14-8-13(16-2)18-15(19-14)11-6-7-11/h8,10-12H,3-7,9H2,1-2H3,(H2,16,17,18,19). The molecule has 2 saturated carbocycles. The molecule has 0 aromatic carbocycles. The molecule has 2 fully saturated rings. The van der Waals surface area contributed by atoms with Crippen LogP contribution in [0.1, 0.15) is 50.8 Å². The molecule has 104 valence electrons. The maximum atomic E-state index is 4.67. The van der Waals surface area contributed by atoms with Crippen molar-refractivity contribution in [2.45, 2.75) is 44.9 Å². The van der Waals surface area contributed by atoms with Crippen LogP contribution in [0.3, 0.4) is 0 Å². The molecule has 0 radical (unpaired) electrons. The van der Waals surface area contributed by atoms with E-state index >= 15 is 0 Å². The highest BCUT2D eigenvalue weighted by molar-refractivity contribution is 5.47. The molecule has 4 nitrogen and oxygen atoms in total. The number of hydrogen-bond donors (Lipinski definition) is 2. The molecule has 0 saturated heterocycles. The van der Waals surface area contributed by atoms with Crippen LogP contribution in [0.5, 0.6) is 0 Å². The largest absolute Gasteiger partial charge is 0.373 e. The molecule has 19 heavy (non-hydrogen) atoms. The Labute approximate surface area is 115 Å². The van der Waals surface area contributed by atoms with E-state index in [0.717, 1.165) is 35.8 Å². The smallest absolute Gasteiger partial charge is 0.136 e. The van der Waals surface area contributed by atoms with Gasteiger partial charge < -0.3 is 10.6 Å². The third-order valence-corrected chi connectivity index (χ3v) is 4.53. The fraction of sp³-hybridized carbons (Fsp3) is 0.733. The number of nitrogens with zero attached hydrogens (tertiary/aromatic N) is 2. The predicted molar refractivity (Wildman–Crippen MR) is 78.5 cm³/mol. The number of anilines is 2. The number of rotatable bonds is 5. The summed E-state index contributed by atoms with van der Waals surface area (Å²) in [5, 5.41) is 6.66. The molecule has 1 aromatic rings. The van der Waals surface area contributed by atoms with Gasteiger partial charge in [0.1, 0.15) is 17.5 Å². The summed E-state index contributed by atoms with van der Waals surface area (Å²) in [6, 6.07) is 2.02. The van der Waals surface area contributed by atoms with Crippen LogP contribution in [-0.4, -0.2) is 23.6 Å². The van der Waals surface area contributed by atoms with E-state index in [-0.39, 0.29) is 0 Å². The van der Waals surface area contributed by atoms with Gasteiger partial charge in [-0.15, -0.1) is 0 Å². The molecular formula is C15H24N4. The number of nitrogens with one attached hydrogen (secondary N) is 2. The van der Waals surface area contributed by atoms with Gasteiger partial charge in [0.15, 0.2) is 0 Å². The van der Waals surface area contributed by atoms with Crippen molar-refractivity contribution in [3.05, 3.63) is 11.9 Å². The van der Waals surface area contributed by atoms with Gasteiger partial charge in [-0.3, -0.25) is 0 Å². The Morgan fingerprint density at radius 3 is 2.58 bits per heavy atom. The van der Waals surface area contributed by atoms with Crippen LogP contribution >= 0.6 is 0 Å². The third kappa shape index (κ3) is 2.99. The summed E-state index contributed by atoms with van der Waals surface area (Å²) >= 11 is 0. The van der Waals surface area contributed by atoms with E-state index in [4.69, 9.17) is 0 Å². The molecule has 2 aliphatic carbocycles. The van der Waals surface area contributed by atoms with Crippen molar-refractivity contribution in [1.29, 1.82) is 0 Å². The molecule has 3 rings (SSSR count). The Morgan fingerprint density at radius 2 is 1.95 bits per heavy atom. The van der Waals surface area contributed by atoms with Crippen LogP contribution in [0.15, 0.2) is 6.07 Å². The van der Waals surface area contributed by atoms with Crippen molar-refractivity contribution in [2.24, 2.45) is 11.8 Å². The summed E-state index contributed by atoms with van der Waals surface area (Å²) in [7, 11) is 1.92. The van der Waals surface area contributed by atoms with E-state index in [1.807, 2.05) is 13.1 Å². The van der Waals surface area contributed by atoms with Gasteiger partial charge in [-0.05, 0) is 31.1 Å². The normalized spacial score (nSPS) is 26.4. The van der Waals surface area contributed by atoms with Gasteiger partial charge in [-0.25, -0.2) is 9.97 Å². The average molecular weight is 260 g/mol. The molecule has 2 atom stereocenters. The Bertz CT molecular complexity index is 442. The van der Waals surface area contributed by atoms with E-state index in [2.05, 4.69) is 27.5 Å². The van der Waals surface area contributed by atoms with Crippen LogP contribution in [0, 0.1) is 11.8 Å². The van der Waals surface area contributed by atoms with Crippen LogP contribution in [-0.2, 0) is 0 Å². The van der Waals surface area contributed by atoms with Gasteiger partial charge in [0, 0.05) is 25.6 Å². The van der Waals surface area contributed by atoms with Crippen molar-refractivity contribution < 1.29 is 0 Å². The van der Waals surface area contributed by atoms with Crippen LogP contribution < -0.4 is 10.6 Å². The summed E-state index contributed by atoms with van der Waals surface area (Å²) in [6.07, 6.45) is 6.60. The highest BCUT2D eigenvalue weighted by atomic mass is 15.1. The Hall–Kier alpha value is -1.32. The molecular weight excluding hydrogens is 236 g/mol. The lowest BCUT2D eigenvalue weighted by Gasteiger charge is -2.17. The first-order valence-electron chi connectivity index (χ1n) is 7.57.